The van der Waals surface area contributed by atoms with Crippen molar-refractivity contribution in [1.82, 2.24) is 0 Å². The van der Waals surface area contributed by atoms with E-state index in [9.17, 15) is 0 Å². The van der Waals surface area contributed by atoms with Crippen LogP contribution in [0.3, 0.4) is 0 Å². The lowest BCUT2D eigenvalue weighted by Crippen LogP contribution is -2.28. The van der Waals surface area contributed by atoms with Crippen LogP contribution in [0.15, 0.2) is 24.3 Å². The van der Waals surface area contributed by atoms with Gasteiger partial charge in [0.05, 0.1) is 6.61 Å². The largest absolute Gasteiger partial charge is 0.399 e. The molecular formula is C9H14N2O2. The molecule has 0 spiro atoms. The van der Waals surface area contributed by atoms with Crippen LogP contribution in [0.1, 0.15) is 5.56 Å². The highest BCUT2D eigenvalue weighted by atomic mass is 17.1. The van der Waals surface area contributed by atoms with E-state index in [1.807, 2.05) is 24.3 Å². The molecule has 0 aliphatic rings. The molecule has 0 aliphatic heterocycles. The maximum absolute atomic E-state index is 8.16. The van der Waals surface area contributed by atoms with E-state index in [4.69, 9.17) is 16.7 Å². The van der Waals surface area contributed by atoms with Gasteiger partial charge in [-0.15, -0.1) is 0 Å². The molecule has 0 bridgehead atoms. The number of anilines is 1. The zero-order chi connectivity index (χ0) is 9.68. The lowest BCUT2D eigenvalue weighted by atomic mass is 10.1. The summed E-state index contributed by atoms with van der Waals surface area (Å²) in [5.41, 5.74) is 13.0. The first-order chi connectivity index (χ1) is 6.22. The van der Waals surface area contributed by atoms with E-state index in [1.165, 1.54) is 0 Å². The number of benzene rings is 1. The Bertz CT molecular complexity index is 248. The molecule has 0 fully saturated rings. The quantitative estimate of drug-likeness (QED) is 0.362. The summed E-state index contributed by atoms with van der Waals surface area (Å²) in [7, 11) is 0. The van der Waals surface area contributed by atoms with Crippen molar-refractivity contribution in [3.05, 3.63) is 29.8 Å². The molecule has 4 nitrogen and oxygen atoms in total. The summed E-state index contributed by atoms with van der Waals surface area (Å²) < 4.78 is 0. The zero-order valence-corrected chi connectivity index (χ0v) is 7.31. The Labute approximate surface area is 77.0 Å². The standard InChI is InChI=1S/C9H14N2O2/c10-8-3-1-7(2-4-8)5-9(11)6-13-12/h1-4,9,12H,5-6,10-11H2/t9-/m0/s1. The summed E-state index contributed by atoms with van der Waals surface area (Å²) in [4.78, 5) is 3.95. The number of hydrogen-bond acceptors (Lipinski definition) is 4. The predicted octanol–water partition coefficient (Wildman–Crippen LogP) is 0.628. The number of nitrogens with two attached hydrogens (primary N) is 2. The lowest BCUT2D eigenvalue weighted by Gasteiger charge is -2.08. The molecule has 1 rings (SSSR count). The monoisotopic (exact) mass is 182 g/mol. The smallest absolute Gasteiger partial charge is 0.0973 e. The second-order valence-electron chi connectivity index (χ2n) is 3.00. The molecule has 0 radical (unpaired) electrons. The van der Waals surface area contributed by atoms with Gasteiger partial charge < -0.3 is 11.5 Å². The Kier molecular flexibility index (Phi) is 3.70. The van der Waals surface area contributed by atoms with Crippen molar-refractivity contribution in [2.75, 3.05) is 12.3 Å². The van der Waals surface area contributed by atoms with Crippen molar-refractivity contribution >= 4 is 5.69 Å². The van der Waals surface area contributed by atoms with Gasteiger partial charge in [0.25, 0.3) is 0 Å². The molecule has 72 valence electrons. The summed E-state index contributed by atoms with van der Waals surface area (Å²) in [6, 6.07) is 7.27. The number of rotatable bonds is 4. The van der Waals surface area contributed by atoms with Gasteiger partial charge in [-0.1, -0.05) is 12.1 Å². The van der Waals surface area contributed by atoms with Crippen LogP contribution >= 0.6 is 0 Å². The average molecular weight is 182 g/mol. The first-order valence-electron chi connectivity index (χ1n) is 4.08. The zero-order valence-electron chi connectivity index (χ0n) is 7.31. The van der Waals surface area contributed by atoms with E-state index in [1.54, 1.807) is 0 Å². The highest BCUT2D eigenvalue weighted by Crippen LogP contribution is 2.07. The molecular weight excluding hydrogens is 168 g/mol. The van der Waals surface area contributed by atoms with Crippen molar-refractivity contribution in [2.24, 2.45) is 5.73 Å². The Hall–Kier alpha value is -1.10. The maximum Gasteiger partial charge on any atom is 0.0973 e. The third kappa shape index (κ3) is 3.42. The SMILES string of the molecule is Nc1ccc(C[C@H](N)COO)cc1. The van der Waals surface area contributed by atoms with E-state index < -0.39 is 0 Å². The molecule has 4 heteroatoms. The van der Waals surface area contributed by atoms with Gasteiger partial charge in [0.1, 0.15) is 0 Å². The Balaban J connectivity index is 2.49. The third-order valence-electron chi connectivity index (χ3n) is 1.77. The first-order valence-corrected chi connectivity index (χ1v) is 4.08. The Morgan fingerprint density at radius 1 is 1.31 bits per heavy atom. The van der Waals surface area contributed by atoms with Crippen LogP contribution in [0.5, 0.6) is 0 Å². The van der Waals surface area contributed by atoms with Gasteiger partial charge in [0, 0.05) is 11.7 Å². The van der Waals surface area contributed by atoms with Crippen LogP contribution < -0.4 is 11.5 Å². The van der Waals surface area contributed by atoms with Crippen LogP contribution in [0.4, 0.5) is 5.69 Å². The van der Waals surface area contributed by atoms with Gasteiger partial charge in [0.2, 0.25) is 0 Å². The molecule has 1 aromatic rings. The molecule has 0 unspecified atom stereocenters. The lowest BCUT2D eigenvalue weighted by molar-refractivity contribution is -0.245. The van der Waals surface area contributed by atoms with Crippen LogP contribution in [-0.4, -0.2) is 17.9 Å². The summed E-state index contributed by atoms with van der Waals surface area (Å²) in [5.74, 6) is 0. The molecule has 0 aromatic heterocycles. The highest BCUT2D eigenvalue weighted by molar-refractivity contribution is 5.39. The second kappa shape index (κ2) is 4.81. The second-order valence-corrected chi connectivity index (χ2v) is 3.00. The van der Waals surface area contributed by atoms with Gasteiger partial charge in [-0.05, 0) is 24.1 Å². The molecule has 13 heavy (non-hydrogen) atoms. The van der Waals surface area contributed by atoms with Gasteiger partial charge in [-0.2, -0.15) is 0 Å². The Morgan fingerprint density at radius 3 is 2.46 bits per heavy atom. The fourth-order valence-electron chi connectivity index (χ4n) is 1.11. The molecule has 0 aliphatic carbocycles. The minimum atomic E-state index is -0.186. The molecule has 0 saturated carbocycles. The van der Waals surface area contributed by atoms with Crippen molar-refractivity contribution in [1.29, 1.82) is 0 Å². The molecule has 5 N–H and O–H groups in total. The van der Waals surface area contributed by atoms with E-state index in [-0.39, 0.29) is 12.6 Å². The predicted molar refractivity (Wildman–Crippen MR) is 51.1 cm³/mol. The van der Waals surface area contributed by atoms with Gasteiger partial charge in [-0.25, -0.2) is 4.89 Å². The van der Waals surface area contributed by atoms with Crippen LogP contribution in [0.2, 0.25) is 0 Å². The average Bonchev–Trinajstić information content (AvgIpc) is 2.09. The van der Waals surface area contributed by atoms with Crippen molar-refractivity contribution < 1.29 is 10.1 Å². The summed E-state index contributed by atoms with van der Waals surface area (Å²) in [5, 5.41) is 8.16. The van der Waals surface area contributed by atoms with Gasteiger partial charge >= 0.3 is 0 Å². The van der Waals surface area contributed by atoms with Crippen LogP contribution in [0.25, 0.3) is 0 Å². The summed E-state index contributed by atoms with van der Waals surface area (Å²) >= 11 is 0. The first kappa shape index (κ1) is 9.98. The van der Waals surface area contributed by atoms with E-state index in [2.05, 4.69) is 4.89 Å². The van der Waals surface area contributed by atoms with Crippen LogP contribution in [0, 0.1) is 0 Å². The van der Waals surface area contributed by atoms with Crippen LogP contribution in [-0.2, 0) is 11.3 Å². The third-order valence-corrected chi connectivity index (χ3v) is 1.77. The molecule has 0 amide bonds. The Morgan fingerprint density at radius 2 is 1.92 bits per heavy atom. The molecule has 1 aromatic carbocycles. The van der Waals surface area contributed by atoms with Gasteiger partial charge in [-0.3, -0.25) is 5.26 Å². The van der Waals surface area contributed by atoms with Crippen molar-refractivity contribution in [3.8, 4) is 0 Å². The van der Waals surface area contributed by atoms with E-state index in [0.717, 1.165) is 11.3 Å². The van der Waals surface area contributed by atoms with Crippen molar-refractivity contribution in [2.45, 2.75) is 12.5 Å². The topological polar surface area (TPSA) is 81.5 Å². The van der Waals surface area contributed by atoms with Gasteiger partial charge in [0.15, 0.2) is 0 Å². The van der Waals surface area contributed by atoms with E-state index >= 15 is 0 Å². The van der Waals surface area contributed by atoms with E-state index in [0.29, 0.717) is 6.42 Å². The van der Waals surface area contributed by atoms with Crippen molar-refractivity contribution in [3.63, 3.8) is 0 Å². The fraction of sp³-hybridized carbons (Fsp3) is 0.333. The molecule has 0 heterocycles. The molecule has 1 atom stereocenters. The fourth-order valence-corrected chi connectivity index (χ4v) is 1.11. The normalized spacial score (nSPS) is 12.8. The summed E-state index contributed by atoms with van der Waals surface area (Å²) in [6.45, 7) is 0.143. The summed E-state index contributed by atoms with van der Waals surface area (Å²) in [6.07, 6.45) is 0.668. The highest BCUT2D eigenvalue weighted by Gasteiger charge is 2.03. The minimum absolute atomic E-state index is 0.143. The molecule has 0 saturated heterocycles. The maximum atomic E-state index is 8.16. The number of nitrogen functional groups attached to an aromatic ring is 1. The number of hydrogen-bond donors (Lipinski definition) is 3. The minimum Gasteiger partial charge on any atom is -0.399 e.